The number of aliphatic carboxylic acids is 1. The average molecular weight is 462 g/mol. The second-order valence-corrected chi connectivity index (χ2v) is 7.95. The van der Waals surface area contributed by atoms with Gasteiger partial charge >= 0.3 is 11.9 Å². The summed E-state index contributed by atoms with van der Waals surface area (Å²) < 4.78 is 15.1. The van der Waals surface area contributed by atoms with Crippen molar-refractivity contribution in [2.45, 2.75) is 19.1 Å². The SMILES string of the molecule is COC(=O)C(Oc1ccc(OCC(=O)O)cc1)C(=O)CNC(=O)c1cc2c(s1)CCNC2. The molecule has 1 aromatic heterocycles. The summed E-state index contributed by atoms with van der Waals surface area (Å²) in [6.45, 7) is 0.639. The predicted molar refractivity (Wildman–Crippen MR) is 113 cm³/mol. The summed E-state index contributed by atoms with van der Waals surface area (Å²) in [6, 6.07) is 7.51. The molecule has 3 rings (SSSR count). The van der Waals surface area contributed by atoms with E-state index in [1.54, 1.807) is 6.07 Å². The predicted octanol–water partition coefficient (Wildman–Crippen LogP) is 0.777. The normalized spacial score (nSPS) is 13.4. The quantitative estimate of drug-likeness (QED) is 0.345. The molecule has 0 spiro atoms. The maximum Gasteiger partial charge on any atom is 0.355 e. The first-order valence-electron chi connectivity index (χ1n) is 9.69. The Morgan fingerprint density at radius 1 is 1.19 bits per heavy atom. The zero-order valence-electron chi connectivity index (χ0n) is 17.2. The summed E-state index contributed by atoms with van der Waals surface area (Å²) >= 11 is 1.39. The molecule has 0 saturated heterocycles. The number of methoxy groups -OCH3 is 1. The Balaban J connectivity index is 1.59. The number of amides is 1. The third-order valence-corrected chi connectivity index (χ3v) is 5.77. The highest BCUT2D eigenvalue weighted by Crippen LogP contribution is 2.25. The van der Waals surface area contributed by atoms with E-state index in [9.17, 15) is 19.2 Å². The van der Waals surface area contributed by atoms with Gasteiger partial charge in [0.25, 0.3) is 12.0 Å². The van der Waals surface area contributed by atoms with Crippen molar-refractivity contribution in [2.75, 3.05) is 26.8 Å². The zero-order valence-corrected chi connectivity index (χ0v) is 18.0. The first-order valence-corrected chi connectivity index (χ1v) is 10.5. The summed E-state index contributed by atoms with van der Waals surface area (Å²) in [5, 5.41) is 14.4. The molecule has 32 heavy (non-hydrogen) atoms. The maximum atomic E-state index is 12.6. The van der Waals surface area contributed by atoms with E-state index >= 15 is 0 Å². The molecule has 0 bridgehead atoms. The van der Waals surface area contributed by atoms with Crippen LogP contribution in [0.4, 0.5) is 0 Å². The molecular weight excluding hydrogens is 440 g/mol. The second kappa shape index (κ2) is 10.7. The van der Waals surface area contributed by atoms with Gasteiger partial charge in [0, 0.05) is 18.0 Å². The van der Waals surface area contributed by atoms with Gasteiger partial charge in [-0.05, 0) is 42.3 Å². The maximum absolute atomic E-state index is 12.6. The highest BCUT2D eigenvalue weighted by atomic mass is 32.1. The van der Waals surface area contributed by atoms with Crippen LogP contribution < -0.4 is 20.1 Å². The Hall–Kier alpha value is -3.44. The highest BCUT2D eigenvalue weighted by Gasteiger charge is 2.30. The number of ketones is 1. The number of ether oxygens (including phenoxy) is 3. The summed E-state index contributed by atoms with van der Waals surface area (Å²) in [4.78, 5) is 49.3. The number of thiophene rings is 1. The number of hydrogen-bond acceptors (Lipinski definition) is 9. The van der Waals surface area contributed by atoms with Gasteiger partial charge in [0.2, 0.25) is 5.78 Å². The number of carbonyl (C=O) groups excluding carboxylic acids is 3. The van der Waals surface area contributed by atoms with Gasteiger partial charge in [-0.2, -0.15) is 0 Å². The highest BCUT2D eigenvalue weighted by molar-refractivity contribution is 7.14. The van der Waals surface area contributed by atoms with E-state index in [2.05, 4.69) is 15.4 Å². The Morgan fingerprint density at radius 3 is 2.56 bits per heavy atom. The van der Waals surface area contributed by atoms with E-state index in [4.69, 9.17) is 14.6 Å². The largest absolute Gasteiger partial charge is 0.482 e. The van der Waals surface area contributed by atoms with Crippen LogP contribution in [-0.4, -0.2) is 61.6 Å². The molecule has 3 N–H and O–H groups in total. The van der Waals surface area contributed by atoms with Crippen LogP contribution in [0, 0.1) is 0 Å². The Morgan fingerprint density at radius 2 is 1.91 bits per heavy atom. The van der Waals surface area contributed by atoms with E-state index in [1.165, 1.54) is 35.6 Å². The van der Waals surface area contributed by atoms with E-state index in [0.717, 1.165) is 30.5 Å². The first-order chi connectivity index (χ1) is 15.4. The Kier molecular flexibility index (Phi) is 7.79. The van der Waals surface area contributed by atoms with E-state index in [0.29, 0.717) is 11.4 Å². The molecule has 10 nitrogen and oxygen atoms in total. The molecule has 1 amide bonds. The van der Waals surface area contributed by atoms with E-state index < -0.39 is 42.9 Å². The standard InChI is InChI=1S/C21H22N2O8S/c1-29-21(28)19(31-14-4-2-13(3-5-14)30-11-18(25)26)15(24)10-23-20(27)17-8-12-9-22-7-6-16(12)32-17/h2-5,8,19,22H,6-7,9-11H2,1H3,(H,23,27)(H,25,26). The second-order valence-electron chi connectivity index (χ2n) is 6.81. The monoisotopic (exact) mass is 462 g/mol. The van der Waals surface area contributed by atoms with Crippen LogP contribution in [-0.2, 0) is 32.1 Å². The van der Waals surface area contributed by atoms with Crippen molar-refractivity contribution in [3.8, 4) is 11.5 Å². The molecular formula is C21H22N2O8S. The number of hydrogen-bond donors (Lipinski definition) is 3. The van der Waals surface area contributed by atoms with E-state index in [1.807, 2.05) is 0 Å². The summed E-state index contributed by atoms with van der Waals surface area (Å²) in [7, 11) is 1.12. The van der Waals surface area contributed by atoms with Gasteiger partial charge in [0.05, 0.1) is 18.5 Å². The van der Waals surface area contributed by atoms with Crippen molar-refractivity contribution in [2.24, 2.45) is 0 Å². The fraction of sp³-hybridized carbons (Fsp3) is 0.333. The van der Waals surface area contributed by atoms with Crippen molar-refractivity contribution in [3.63, 3.8) is 0 Å². The van der Waals surface area contributed by atoms with Gasteiger partial charge in [-0.25, -0.2) is 9.59 Å². The van der Waals surface area contributed by atoms with Crippen molar-refractivity contribution in [1.29, 1.82) is 0 Å². The van der Waals surface area contributed by atoms with Crippen molar-refractivity contribution in [3.05, 3.63) is 45.6 Å². The molecule has 11 heteroatoms. The van der Waals surface area contributed by atoms with Gasteiger partial charge < -0.3 is 30.0 Å². The lowest BCUT2D eigenvalue weighted by molar-refractivity contribution is -0.153. The van der Waals surface area contributed by atoms with Crippen LogP contribution in [0.2, 0.25) is 0 Å². The van der Waals surface area contributed by atoms with Crippen LogP contribution in [0.1, 0.15) is 20.1 Å². The number of carboxylic acid groups (broad SMARTS) is 1. The molecule has 1 aromatic carbocycles. The summed E-state index contributed by atoms with van der Waals surface area (Å²) in [6.07, 6.45) is -0.725. The van der Waals surface area contributed by atoms with E-state index in [-0.39, 0.29) is 11.5 Å². The average Bonchev–Trinajstić information content (AvgIpc) is 3.24. The number of nitrogens with one attached hydrogen (secondary N) is 2. The Bertz CT molecular complexity index is 978. The number of rotatable bonds is 10. The zero-order chi connectivity index (χ0) is 23.1. The minimum atomic E-state index is -1.58. The van der Waals surface area contributed by atoms with Crippen LogP contribution in [0.25, 0.3) is 0 Å². The number of fused-ring (bicyclic) bond motifs is 1. The molecule has 0 saturated carbocycles. The molecule has 1 aliphatic heterocycles. The third kappa shape index (κ3) is 6.05. The fourth-order valence-electron chi connectivity index (χ4n) is 2.96. The van der Waals surface area contributed by atoms with Crippen molar-refractivity contribution in [1.82, 2.24) is 10.6 Å². The number of carboxylic acids is 1. The molecule has 0 fully saturated rings. The minimum Gasteiger partial charge on any atom is -0.482 e. The van der Waals surface area contributed by atoms with Crippen LogP contribution in [0.5, 0.6) is 11.5 Å². The molecule has 170 valence electrons. The van der Waals surface area contributed by atoms with Gasteiger partial charge in [0.15, 0.2) is 6.61 Å². The molecule has 1 unspecified atom stereocenters. The van der Waals surface area contributed by atoms with Crippen LogP contribution in [0.15, 0.2) is 30.3 Å². The number of carbonyl (C=O) groups is 4. The molecule has 0 radical (unpaired) electrons. The fourth-order valence-corrected chi connectivity index (χ4v) is 4.06. The smallest absolute Gasteiger partial charge is 0.355 e. The van der Waals surface area contributed by atoms with Crippen molar-refractivity contribution >= 4 is 35.0 Å². The number of esters is 1. The number of Topliss-reactive ketones (excluding diaryl/α,β-unsaturated/α-hetero) is 1. The molecule has 0 aliphatic carbocycles. The summed E-state index contributed by atoms with van der Waals surface area (Å²) in [5.41, 5.74) is 1.07. The van der Waals surface area contributed by atoms with Crippen LogP contribution in [0.3, 0.4) is 0 Å². The molecule has 1 atom stereocenters. The van der Waals surface area contributed by atoms with Crippen molar-refractivity contribution < 1.29 is 38.5 Å². The van der Waals surface area contributed by atoms with Gasteiger partial charge in [-0.3, -0.25) is 9.59 Å². The topological polar surface area (TPSA) is 140 Å². The van der Waals surface area contributed by atoms with Gasteiger partial charge in [-0.1, -0.05) is 0 Å². The lowest BCUT2D eigenvalue weighted by Crippen LogP contribution is -2.43. The Labute approximate surface area is 187 Å². The molecule has 1 aliphatic rings. The molecule has 2 aromatic rings. The lowest BCUT2D eigenvalue weighted by atomic mass is 10.1. The van der Waals surface area contributed by atoms with Gasteiger partial charge in [0.1, 0.15) is 11.5 Å². The molecule has 2 heterocycles. The number of benzene rings is 1. The lowest BCUT2D eigenvalue weighted by Gasteiger charge is -2.16. The third-order valence-electron chi connectivity index (χ3n) is 4.54. The van der Waals surface area contributed by atoms with Crippen LogP contribution >= 0.6 is 11.3 Å². The van der Waals surface area contributed by atoms with Gasteiger partial charge in [-0.15, -0.1) is 11.3 Å². The summed E-state index contributed by atoms with van der Waals surface area (Å²) in [5.74, 6) is -2.67. The first kappa shape index (κ1) is 23.2. The minimum absolute atomic E-state index is 0.168.